The number of amides is 2. The lowest BCUT2D eigenvalue weighted by Crippen LogP contribution is -2.27. The number of halogens is 1. The van der Waals surface area contributed by atoms with Crippen LogP contribution in [0.4, 0.5) is 11.4 Å². The molecule has 2 N–H and O–H groups in total. The molecule has 120 valence electrons. The highest BCUT2D eigenvalue weighted by Crippen LogP contribution is 2.21. The Bertz CT molecular complexity index is 736. The summed E-state index contributed by atoms with van der Waals surface area (Å²) in [6.07, 6.45) is 0. The summed E-state index contributed by atoms with van der Waals surface area (Å²) >= 11 is 6.02. The molecule has 0 saturated carbocycles. The maximum atomic E-state index is 12.2. The van der Waals surface area contributed by atoms with Crippen molar-refractivity contribution in [3.05, 3.63) is 59.1 Å². The summed E-state index contributed by atoms with van der Waals surface area (Å²) in [5, 5.41) is 6.00. The van der Waals surface area contributed by atoms with Crippen molar-refractivity contribution in [2.24, 2.45) is 5.41 Å². The van der Waals surface area contributed by atoms with Crippen LogP contribution >= 0.6 is 11.6 Å². The lowest BCUT2D eigenvalue weighted by molar-refractivity contribution is -0.123. The molecule has 0 unspecified atom stereocenters. The Labute approximate surface area is 140 Å². The highest BCUT2D eigenvalue weighted by atomic mass is 35.5. The molecule has 2 rings (SSSR count). The van der Waals surface area contributed by atoms with Gasteiger partial charge in [0.1, 0.15) is 0 Å². The van der Waals surface area contributed by atoms with Crippen molar-refractivity contribution in [1.29, 1.82) is 0 Å². The highest BCUT2D eigenvalue weighted by molar-refractivity contribution is 6.34. The van der Waals surface area contributed by atoms with Crippen LogP contribution in [-0.2, 0) is 4.79 Å². The van der Waals surface area contributed by atoms with E-state index in [9.17, 15) is 9.59 Å². The molecule has 0 bridgehead atoms. The van der Waals surface area contributed by atoms with Crippen LogP contribution in [-0.4, -0.2) is 11.8 Å². The zero-order valence-electron chi connectivity index (χ0n) is 13.3. The third-order valence-electron chi connectivity index (χ3n) is 3.18. The van der Waals surface area contributed by atoms with Gasteiger partial charge in [0, 0.05) is 16.8 Å². The van der Waals surface area contributed by atoms with Gasteiger partial charge in [-0.05, 0) is 30.3 Å². The first-order valence-corrected chi connectivity index (χ1v) is 7.62. The third-order valence-corrected chi connectivity index (χ3v) is 3.51. The minimum Gasteiger partial charge on any atom is -0.326 e. The second-order valence-corrected chi connectivity index (χ2v) is 6.63. The van der Waals surface area contributed by atoms with E-state index in [4.69, 9.17) is 11.6 Å². The fourth-order valence-corrected chi connectivity index (χ4v) is 2.06. The highest BCUT2D eigenvalue weighted by Gasteiger charge is 2.21. The van der Waals surface area contributed by atoms with Crippen LogP contribution in [0.5, 0.6) is 0 Å². The van der Waals surface area contributed by atoms with Crippen LogP contribution in [0.15, 0.2) is 48.5 Å². The molecule has 0 spiro atoms. The Morgan fingerprint density at radius 1 is 0.913 bits per heavy atom. The van der Waals surface area contributed by atoms with E-state index in [1.165, 1.54) is 0 Å². The van der Waals surface area contributed by atoms with Gasteiger partial charge < -0.3 is 10.6 Å². The van der Waals surface area contributed by atoms with Gasteiger partial charge >= 0.3 is 0 Å². The van der Waals surface area contributed by atoms with E-state index in [-0.39, 0.29) is 11.8 Å². The molecule has 2 aromatic carbocycles. The molecular weight excluding hydrogens is 312 g/mol. The number of nitrogens with one attached hydrogen (secondary N) is 2. The molecule has 4 nitrogen and oxygen atoms in total. The van der Waals surface area contributed by atoms with E-state index in [2.05, 4.69) is 10.6 Å². The first-order valence-electron chi connectivity index (χ1n) is 7.25. The summed E-state index contributed by atoms with van der Waals surface area (Å²) < 4.78 is 0. The Balaban J connectivity index is 2.13. The maximum absolute atomic E-state index is 12.2. The predicted molar refractivity (Wildman–Crippen MR) is 93.9 cm³/mol. The molecule has 5 heteroatoms. The minimum atomic E-state index is -0.489. The molecule has 0 heterocycles. The van der Waals surface area contributed by atoms with Gasteiger partial charge in [-0.25, -0.2) is 0 Å². The molecular formula is C18H19ClN2O2. The van der Waals surface area contributed by atoms with E-state index < -0.39 is 5.41 Å². The minimum absolute atomic E-state index is 0.0907. The zero-order chi connectivity index (χ0) is 17.0. The number of rotatable bonds is 3. The standard InChI is InChI=1S/C18H19ClN2O2/c1-18(2,3)17(23)21-13-8-6-7-12(11-13)20-16(22)14-9-4-5-10-15(14)19/h4-11H,1-3H3,(H,20,22)(H,21,23). The molecule has 0 radical (unpaired) electrons. The van der Waals surface area contributed by atoms with Gasteiger partial charge in [0.25, 0.3) is 5.91 Å². The number of benzene rings is 2. The van der Waals surface area contributed by atoms with Gasteiger partial charge in [-0.15, -0.1) is 0 Å². The molecule has 0 aliphatic rings. The van der Waals surface area contributed by atoms with E-state index in [0.29, 0.717) is 22.0 Å². The predicted octanol–water partition coefficient (Wildman–Crippen LogP) is 4.58. The topological polar surface area (TPSA) is 58.2 Å². The van der Waals surface area contributed by atoms with E-state index in [0.717, 1.165) is 0 Å². The van der Waals surface area contributed by atoms with Gasteiger partial charge in [0.05, 0.1) is 10.6 Å². The van der Waals surface area contributed by atoms with Crippen molar-refractivity contribution in [2.75, 3.05) is 10.6 Å². The summed E-state index contributed by atoms with van der Waals surface area (Å²) in [6.45, 7) is 5.52. The summed E-state index contributed by atoms with van der Waals surface area (Å²) in [5.41, 5.74) is 1.12. The first-order chi connectivity index (χ1) is 10.8. The Morgan fingerprint density at radius 3 is 2.13 bits per heavy atom. The average Bonchev–Trinajstić information content (AvgIpc) is 2.47. The van der Waals surface area contributed by atoms with Crippen LogP contribution in [0.1, 0.15) is 31.1 Å². The van der Waals surface area contributed by atoms with Crippen LogP contribution < -0.4 is 10.6 Å². The van der Waals surface area contributed by atoms with Gasteiger partial charge in [0.2, 0.25) is 5.91 Å². The summed E-state index contributed by atoms with van der Waals surface area (Å²) in [6, 6.07) is 13.8. The van der Waals surface area contributed by atoms with E-state index >= 15 is 0 Å². The smallest absolute Gasteiger partial charge is 0.257 e. The second kappa shape index (κ2) is 6.84. The Kier molecular flexibility index (Phi) is 5.06. The second-order valence-electron chi connectivity index (χ2n) is 6.22. The van der Waals surface area contributed by atoms with Gasteiger partial charge in [-0.1, -0.05) is 50.6 Å². The maximum Gasteiger partial charge on any atom is 0.257 e. The van der Waals surface area contributed by atoms with E-state index in [1.807, 2.05) is 20.8 Å². The van der Waals surface area contributed by atoms with Crippen molar-refractivity contribution in [3.8, 4) is 0 Å². The van der Waals surface area contributed by atoms with Crippen molar-refractivity contribution < 1.29 is 9.59 Å². The lowest BCUT2D eigenvalue weighted by atomic mass is 9.95. The molecule has 0 aliphatic heterocycles. The third kappa shape index (κ3) is 4.57. The number of hydrogen-bond donors (Lipinski definition) is 2. The molecule has 0 aromatic heterocycles. The molecule has 2 amide bonds. The average molecular weight is 331 g/mol. The zero-order valence-corrected chi connectivity index (χ0v) is 14.1. The van der Waals surface area contributed by atoms with Gasteiger partial charge in [0.15, 0.2) is 0 Å². The number of hydrogen-bond acceptors (Lipinski definition) is 2. The monoisotopic (exact) mass is 330 g/mol. The number of anilines is 2. The van der Waals surface area contributed by atoms with Crippen LogP contribution in [0.25, 0.3) is 0 Å². The van der Waals surface area contributed by atoms with Crippen LogP contribution in [0.2, 0.25) is 5.02 Å². The molecule has 23 heavy (non-hydrogen) atoms. The van der Waals surface area contributed by atoms with Crippen molar-refractivity contribution in [2.45, 2.75) is 20.8 Å². The summed E-state index contributed by atoms with van der Waals surface area (Å²) in [4.78, 5) is 24.3. The molecule has 0 aliphatic carbocycles. The fourth-order valence-electron chi connectivity index (χ4n) is 1.84. The molecule has 0 atom stereocenters. The van der Waals surface area contributed by atoms with Gasteiger partial charge in [-0.3, -0.25) is 9.59 Å². The van der Waals surface area contributed by atoms with Crippen molar-refractivity contribution in [1.82, 2.24) is 0 Å². The Hall–Kier alpha value is -2.33. The number of carbonyl (C=O) groups is 2. The molecule has 0 fully saturated rings. The quantitative estimate of drug-likeness (QED) is 0.865. The van der Waals surface area contributed by atoms with Crippen molar-refractivity contribution in [3.63, 3.8) is 0 Å². The largest absolute Gasteiger partial charge is 0.326 e. The first kappa shape index (κ1) is 17.0. The fraction of sp³-hybridized carbons (Fsp3) is 0.222. The van der Waals surface area contributed by atoms with E-state index in [1.54, 1.807) is 48.5 Å². The molecule has 2 aromatic rings. The summed E-state index contributed by atoms with van der Waals surface area (Å²) in [7, 11) is 0. The Morgan fingerprint density at radius 2 is 1.52 bits per heavy atom. The lowest BCUT2D eigenvalue weighted by Gasteiger charge is -2.18. The molecule has 0 saturated heterocycles. The summed E-state index contributed by atoms with van der Waals surface area (Å²) in [5.74, 6) is -0.387. The SMILES string of the molecule is CC(C)(C)C(=O)Nc1cccc(NC(=O)c2ccccc2Cl)c1. The van der Waals surface area contributed by atoms with Crippen LogP contribution in [0, 0.1) is 5.41 Å². The van der Waals surface area contributed by atoms with Crippen LogP contribution in [0.3, 0.4) is 0 Å². The van der Waals surface area contributed by atoms with Gasteiger partial charge in [-0.2, -0.15) is 0 Å². The van der Waals surface area contributed by atoms with Crippen molar-refractivity contribution >= 4 is 34.8 Å². The number of carbonyl (C=O) groups excluding carboxylic acids is 2. The normalized spacial score (nSPS) is 11.0.